The van der Waals surface area contributed by atoms with E-state index in [0.717, 1.165) is 42.0 Å². The molecular weight excluding hydrogens is 757 g/mol. The van der Waals surface area contributed by atoms with E-state index in [1.807, 2.05) is 24.3 Å². The first-order valence-corrected chi connectivity index (χ1v) is 20.9. The molecule has 3 atom stereocenters. The molecule has 0 radical (unpaired) electrons. The third kappa shape index (κ3) is 18.3. The molecule has 328 valence electrons. The van der Waals surface area contributed by atoms with Crippen LogP contribution in [0.25, 0.3) is 10.8 Å². The molecular formula is C44H68N6O9. The van der Waals surface area contributed by atoms with Crippen LogP contribution in [-0.4, -0.2) is 88.8 Å². The highest BCUT2D eigenvalue weighted by atomic mass is 16.6. The molecule has 4 amide bonds. The summed E-state index contributed by atoms with van der Waals surface area (Å²) in [5.41, 5.74) is 4.31. The van der Waals surface area contributed by atoms with Crippen LogP contribution in [0.4, 0.5) is 4.79 Å². The maximum absolute atomic E-state index is 13.7. The van der Waals surface area contributed by atoms with Crippen LogP contribution in [0.15, 0.2) is 36.7 Å². The highest BCUT2D eigenvalue weighted by molar-refractivity contribution is 5.90. The Morgan fingerprint density at radius 2 is 1.32 bits per heavy atom. The van der Waals surface area contributed by atoms with E-state index in [2.05, 4.69) is 26.3 Å². The Labute approximate surface area is 349 Å². The summed E-state index contributed by atoms with van der Waals surface area (Å²) in [6, 6.07) is 3.82. The van der Waals surface area contributed by atoms with Crippen molar-refractivity contribution in [1.29, 1.82) is 0 Å². The zero-order chi connectivity index (χ0) is 44.0. The summed E-state index contributed by atoms with van der Waals surface area (Å²) in [6.45, 7) is 16.2. The predicted octanol–water partition coefficient (Wildman–Crippen LogP) is 5.16. The molecule has 1 aliphatic rings. The summed E-state index contributed by atoms with van der Waals surface area (Å²) in [5, 5.41) is 13.1. The second kappa shape index (κ2) is 22.0. The van der Waals surface area contributed by atoms with Gasteiger partial charge in [-0.25, -0.2) is 14.4 Å². The highest BCUT2D eigenvalue weighted by Crippen LogP contribution is 2.28. The standard InChI is InChI=1S/C44H68N6O9/c1-42(2,3)57-36(51)20-19-34(40(55)59-44(7,8)9)50-41(56)49-33(39(54)58-43(4,5)6)12-10-11-22-47-38(53)35(48-37(52)30-16-13-28(26-45)14-17-30)25-29-15-18-32-27-46-23-21-31(32)24-29/h15,18,21,23-24,27-28,30,33-35H,10-14,16-17,19-20,22,25-26,45H2,1-9H3,(H,47,53)(H,48,52)(H2,49,50,56)/t28?,30?,33-,34-,35+/m0/s1. The van der Waals surface area contributed by atoms with Crippen LogP contribution in [-0.2, 0) is 44.6 Å². The number of urea groups is 1. The van der Waals surface area contributed by atoms with E-state index in [-0.39, 0.29) is 50.0 Å². The SMILES string of the molecule is CC(C)(C)OC(=O)CC[C@H](NC(=O)N[C@@H](CCCCNC(=O)[C@@H](Cc1ccc2cnccc2c1)NC(=O)C1CCC(CN)CC1)C(=O)OC(C)(C)C)C(=O)OC(C)(C)C. The van der Waals surface area contributed by atoms with Gasteiger partial charge in [0.05, 0.1) is 0 Å². The largest absolute Gasteiger partial charge is 0.460 e. The van der Waals surface area contributed by atoms with Gasteiger partial charge in [-0.3, -0.25) is 19.4 Å². The summed E-state index contributed by atoms with van der Waals surface area (Å²) < 4.78 is 16.5. The molecule has 15 nitrogen and oxygen atoms in total. The van der Waals surface area contributed by atoms with Gasteiger partial charge in [-0.15, -0.1) is 0 Å². The average molecular weight is 825 g/mol. The van der Waals surface area contributed by atoms with Crippen LogP contribution in [0.2, 0.25) is 0 Å². The number of nitrogens with one attached hydrogen (secondary N) is 4. The Balaban J connectivity index is 1.65. The molecule has 1 aromatic heterocycles. The maximum Gasteiger partial charge on any atom is 0.329 e. The van der Waals surface area contributed by atoms with Crippen LogP contribution in [0, 0.1) is 11.8 Å². The molecule has 2 aromatic rings. The molecule has 0 unspecified atom stereocenters. The lowest BCUT2D eigenvalue weighted by atomic mass is 9.81. The van der Waals surface area contributed by atoms with Gasteiger partial charge < -0.3 is 41.2 Å². The molecule has 0 spiro atoms. The number of nitrogens with two attached hydrogens (primary N) is 1. The molecule has 59 heavy (non-hydrogen) atoms. The Kier molecular flexibility index (Phi) is 18.1. The Bertz CT molecular complexity index is 1740. The van der Waals surface area contributed by atoms with Gasteiger partial charge in [0.15, 0.2) is 0 Å². The normalized spacial score (nSPS) is 17.5. The summed E-state index contributed by atoms with van der Waals surface area (Å²) in [6.07, 6.45) is 7.72. The van der Waals surface area contributed by atoms with Crippen molar-refractivity contribution in [2.75, 3.05) is 13.1 Å². The van der Waals surface area contributed by atoms with Crippen LogP contribution in [0.1, 0.15) is 126 Å². The van der Waals surface area contributed by atoms with Gasteiger partial charge in [0.2, 0.25) is 11.8 Å². The van der Waals surface area contributed by atoms with E-state index < -0.39 is 58.9 Å². The van der Waals surface area contributed by atoms with E-state index in [0.29, 0.717) is 25.3 Å². The monoisotopic (exact) mass is 825 g/mol. The fourth-order valence-corrected chi connectivity index (χ4v) is 6.72. The van der Waals surface area contributed by atoms with Crippen molar-refractivity contribution in [2.24, 2.45) is 17.6 Å². The second-order valence-electron chi connectivity index (χ2n) is 18.5. The number of unbranched alkanes of at least 4 members (excludes halogenated alkanes) is 1. The third-order valence-corrected chi connectivity index (χ3v) is 9.60. The number of rotatable bonds is 18. The number of hydrogen-bond donors (Lipinski definition) is 5. The van der Waals surface area contributed by atoms with E-state index in [1.165, 1.54) is 0 Å². The Hall–Kier alpha value is -4.79. The summed E-state index contributed by atoms with van der Waals surface area (Å²) in [5.74, 6) is -2.21. The minimum atomic E-state index is -1.21. The highest BCUT2D eigenvalue weighted by Gasteiger charge is 2.32. The number of nitrogens with zero attached hydrogens (tertiary/aromatic N) is 1. The van der Waals surface area contributed by atoms with Gasteiger partial charge >= 0.3 is 23.9 Å². The van der Waals surface area contributed by atoms with Crippen molar-refractivity contribution in [1.82, 2.24) is 26.3 Å². The van der Waals surface area contributed by atoms with Crippen LogP contribution >= 0.6 is 0 Å². The van der Waals surface area contributed by atoms with Crippen molar-refractivity contribution in [3.63, 3.8) is 0 Å². The molecule has 1 fully saturated rings. The molecule has 1 aromatic carbocycles. The number of hydrogen-bond acceptors (Lipinski definition) is 11. The number of fused-ring (bicyclic) bond motifs is 1. The van der Waals surface area contributed by atoms with E-state index in [4.69, 9.17) is 19.9 Å². The number of esters is 3. The number of benzene rings is 1. The number of aromatic nitrogens is 1. The zero-order valence-corrected chi connectivity index (χ0v) is 36.5. The first-order valence-electron chi connectivity index (χ1n) is 20.9. The first-order chi connectivity index (χ1) is 27.5. The Morgan fingerprint density at radius 3 is 1.90 bits per heavy atom. The average Bonchev–Trinajstić information content (AvgIpc) is 3.13. The summed E-state index contributed by atoms with van der Waals surface area (Å²) in [7, 11) is 0. The number of carbonyl (C=O) groups excluding carboxylic acids is 6. The fourth-order valence-electron chi connectivity index (χ4n) is 6.72. The van der Waals surface area contributed by atoms with Gasteiger partial charge in [0.25, 0.3) is 0 Å². The lowest BCUT2D eigenvalue weighted by Crippen LogP contribution is -2.53. The minimum Gasteiger partial charge on any atom is -0.460 e. The third-order valence-electron chi connectivity index (χ3n) is 9.60. The fraction of sp³-hybridized carbons (Fsp3) is 0.659. The van der Waals surface area contributed by atoms with Crippen molar-refractivity contribution in [2.45, 2.75) is 161 Å². The van der Waals surface area contributed by atoms with Crippen LogP contribution < -0.4 is 27.0 Å². The molecule has 0 bridgehead atoms. The number of amides is 4. The zero-order valence-electron chi connectivity index (χ0n) is 36.5. The minimum absolute atomic E-state index is 0.0940. The van der Waals surface area contributed by atoms with Gasteiger partial charge in [-0.1, -0.05) is 18.2 Å². The first kappa shape index (κ1) is 48.6. The summed E-state index contributed by atoms with van der Waals surface area (Å²) >= 11 is 0. The van der Waals surface area contributed by atoms with E-state index in [9.17, 15) is 28.8 Å². The summed E-state index contributed by atoms with van der Waals surface area (Å²) in [4.78, 5) is 83.5. The number of carbonyl (C=O) groups is 6. The molecule has 6 N–H and O–H groups in total. The maximum atomic E-state index is 13.7. The van der Waals surface area contributed by atoms with E-state index in [1.54, 1.807) is 74.7 Å². The number of pyridine rings is 1. The van der Waals surface area contributed by atoms with Gasteiger partial charge in [-0.05, 0) is 143 Å². The van der Waals surface area contributed by atoms with Crippen LogP contribution in [0.3, 0.4) is 0 Å². The molecule has 1 heterocycles. The molecule has 0 saturated heterocycles. The smallest absolute Gasteiger partial charge is 0.329 e. The quantitative estimate of drug-likeness (QED) is 0.0752. The predicted molar refractivity (Wildman–Crippen MR) is 225 cm³/mol. The molecule has 0 aliphatic heterocycles. The van der Waals surface area contributed by atoms with Crippen molar-refractivity contribution in [3.05, 3.63) is 42.2 Å². The second-order valence-corrected chi connectivity index (χ2v) is 18.5. The van der Waals surface area contributed by atoms with Gasteiger partial charge in [0, 0.05) is 43.1 Å². The van der Waals surface area contributed by atoms with E-state index >= 15 is 0 Å². The topological polar surface area (TPSA) is 217 Å². The molecule has 1 aliphatic carbocycles. The molecule has 15 heteroatoms. The lowest BCUT2D eigenvalue weighted by Gasteiger charge is -2.28. The molecule has 1 saturated carbocycles. The van der Waals surface area contributed by atoms with Crippen LogP contribution in [0.5, 0.6) is 0 Å². The lowest BCUT2D eigenvalue weighted by molar-refractivity contribution is -0.159. The Morgan fingerprint density at radius 1 is 0.729 bits per heavy atom. The van der Waals surface area contributed by atoms with Crippen molar-refractivity contribution in [3.8, 4) is 0 Å². The van der Waals surface area contributed by atoms with Crippen molar-refractivity contribution >= 4 is 46.5 Å². The van der Waals surface area contributed by atoms with Gasteiger partial charge in [-0.2, -0.15) is 0 Å². The van der Waals surface area contributed by atoms with Crippen molar-refractivity contribution < 1.29 is 43.0 Å². The molecule has 3 rings (SSSR count). The number of ether oxygens (including phenoxy) is 3. The van der Waals surface area contributed by atoms with Gasteiger partial charge in [0.1, 0.15) is 34.9 Å².